The van der Waals surface area contributed by atoms with E-state index in [2.05, 4.69) is 4.99 Å². The van der Waals surface area contributed by atoms with Gasteiger partial charge in [-0.3, -0.25) is 4.79 Å². The van der Waals surface area contributed by atoms with Crippen LogP contribution in [0.4, 0.5) is 0 Å². The van der Waals surface area contributed by atoms with Crippen molar-refractivity contribution in [2.45, 2.75) is 30.5 Å². The highest BCUT2D eigenvalue weighted by atomic mass is 35.5. The van der Waals surface area contributed by atoms with Gasteiger partial charge in [0.1, 0.15) is 4.21 Å². The molecule has 8 nitrogen and oxygen atoms in total. The zero-order valence-electron chi connectivity index (χ0n) is 18.4. The molecule has 33 heavy (non-hydrogen) atoms. The Morgan fingerprint density at radius 1 is 1.15 bits per heavy atom. The lowest BCUT2D eigenvalue weighted by Crippen LogP contribution is -2.40. The van der Waals surface area contributed by atoms with Crippen molar-refractivity contribution in [3.63, 3.8) is 0 Å². The van der Waals surface area contributed by atoms with E-state index in [0.717, 1.165) is 21.6 Å². The van der Waals surface area contributed by atoms with Gasteiger partial charge in [-0.25, -0.2) is 8.42 Å². The van der Waals surface area contributed by atoms with E-state index < -0.39 is 10.0 Å². The van der Waals surface area contributed by atoms with Crippen LogP contribution in [0, 0.1) is 5.92 Å². The fourth-order valence-corrected chi connectivity index (χ4v) is 8.10. The number of nitrogens with zero attached hydrogens (tertiary/aromatic N) is 3. The normalized spacial score (nSPS) is 16.4. The van der Waals surface area contributed by atoms with Gasteiger partial charge in [0, 0.05) is 37.7 Å². The standard InChI is InChI=1S/C21H24ClN3O5S3/c1-4-25-14-11-15(29-2)16(30-3)12-17(14)31-21(25)23-20(26)13-7-9-24(10-8-13)33(27,28)19-6-5-18(22)32-19/h5-6,11-13H,4,7-10H2,1-3H3. The minimum absolute atomic E-state index is 0.223. The van der Waals surface area contributed by atoms with Gasteiger partial charge in [-0.2, -0.15) is 9.30 Å². The summed E-state index contributed by atoms with van der Waals surface area (Å²) in [5, 5.41) is 0. The average Bonchev–Trinajstić information content (AvgIpc) is 3.40. The summed E-state index contributed by atoms with van der Waals surface area (Å²) in [4.78, 5) is 18.0. The first-order valence-electron chi connectivity index (χ1n) is 10.4. The lowest BCUT2D eigenvalue weighted by atomic mass is 9.98. The number of sulfonamides is 1. The molecule has 12 heteroatoms. The van der Waals surface area contributed by atoms with Crippen LogP contribution in [-0.2, 0) is 21.4 Å². The maximum absolute atomic E-state index is 13.0. The molecule has 0 N–H and O–H groups in total. The molecule has 178 valence electrons. The molecule has 3 aromatic rings. The number of benzene rings is 1. The topological polar surface area (TPSA) is 90.2 Å². The van der Waals surface area contributed by atoms with Crippen molar-refractivity contribution in [3.8, 4) is 11.5 Å². The number of carbonyl (C=O) groups is 1. The molecule has 3 heterocycles. The number of ether oxygens (including phenoxy) is 2. The molecule has 1 aliphatic heterocycles. The Bertz CT molecular complexity index is 1350. The summed E-state index contributed by atoms with van der Waals surface area (Å²) >= 11 is 8.35. The molecule has 2 aromatic heterocycles. The van der Waals surface area contributed by atoms with E-state index in [4.69, 9.17) is 21.1 Å². The largest absolute Gasteiger partial charge is 0.493 e. The molecule has 0 saturated carbocycles. The van der Waals surface area contributed by atoms with Crippen LogP contribution in [0.3, 0.4) is 0 Å². The van der Waals surface area contributed by atoms with Gasteiger partial charge in [0.05, 0.1) is 28.8 Å². The lowest BCUT2D eigenvalue weighted by Gasteiger charge is -2.29. The second-order valence-electron chi connectivity index (χ2n) is 7.49. The number of halogens is 1. The van der Waals surface area contributed by atoms with Gasteiger partial charge in [0.15, 0.2) is 16.3 Å². The summed E-state index contributed by atoms with van der Waals surface area (Å²) in [5.74, 6) is 0.693. The molecule has 0 radical (unpaired) electrons. The van der Waals surface area contributed by atoms with Gasteiger partial charge < -0.3 is 14.0 Å². The molecule has 0 bridgehead atoms. The predicted molar refractivity (Wildman–Crippen MR) is 130 cm³/mol. The van der Waals surface area contributed by atoms with Gasteiger partial charge in [-0.15, -0.1) is 11.3 Å². The van der Waals surface area contributed by atoms with Gasteiger partial charge >= 0.3 is 0 Å². The number of carbonyl (C=O) groups excluding carboxylic acids is 1. The van der Waals surface area contributed by atoms with Crippen molar-refractivity contribution in [2.24, 2.45) is 10.9 Å². The van der Waals surface area contributed by atoms with Crippen LogP contribution in [0.25, 0.3) is 10.2 Å². The number of rotatable bonds is 6. The number of hydrogen-bond acceptors (Lipinski definition) is 7. The van der Waals surface area contributed by atoms with Gasteiger partial charge in [0.2, 0.25) is 0 Å². The fraction of sp³-hybridized carbons (Fsp3) is 0.429. The molecule has 1 aromatic carbocycles. The highest BCUT2D eigenvalue weighted by Gasteiger charge is 2.33. The van der Waals surface area contributed by atoms with E-state index in [9.17, 15) is 13.2 Å². The second-order valence-corrected chi connectivity index (χ2v) is 12.4. The maximum atomic E-state index is 13.0. The number of piperidine rings is 1. The first kappa shape index (κ1) is 24.2. The molecular formula is C21H24ClN3O5S3. The molecule has 1 fully saturated rings. The molecule has 0 aliphatic carbocycles. The number of amides is 1. The zero-order valence-corrected chi connectivity index (χ0v) is 21.6. The number of fused-ring (bicyclic) bond motifs is 1. The lowest BCUT2D eigenvalue weighted by molar-refractivity contribution is -0.122. The Kier molecular flexibility index (Phi) is 7.15. The van der Waals surface area contributed by atoms with Crippen LogP contribution in [-0.4, -0.2) is 50.5 Å². The van der Waals surface area contributed by atoms with E-state index in [1.165, 1.54) is 21.7 Å². The minimum Gasteiger partial charge on any atom is -0.493 e. The van der Waals surface area contributed by atoms with Crippen LogP contribution in [0.2, 0.25) is 4.34 Å². The van der Waals surface area contributed by atoms with E-state index in [1.807, 2.05) is 23.6 Å². The molecule has 0 unspecified atom stereocenters. The summed E-state index contributed by atoms with van der Waals surface area (Å²) in [7, 11) is -0.424. The zero-order chi connectivity index (χ0) is 23.8. The first-order chi connectivity index (χ1) is 15.8. The van der Waals surface area contributed by atoms with Crippen molar-refractivity contribution in [3.05, 3.63) is 33.4 Å². The second kappa shape index (κ2) is 9.75. The number of methoxy groups -OCH3 is 2. The number of aromatic nitrogens is 1. The van der Waals surface area contributed by atoms with Crippen molar-refractivity contribution in [1.29, 1.82) is 0 Å². The van der Waals surface area contributed by atoms with Gasteiger partial charge in [-0.1, -0.05) is 22.9 Å². The highest BCUT2D eigenvalue weighted by Crippen LogP contribution is 2.34. The number of thiazole rings is 1. The fourth-order valence-electron chi connectivity index (χ4n) is 3.88. The number of hydrogen-bond donors (Lipinski definition) is 0. The summed E-state index contributed by atoms with van der Waals surface area (Å²) in [6.45, 7) is 3.19. The van der Waals surface area contributed by atoms with Crippen LogP contribution in [0.15, 0.2) is 33.5 Å². The van der Waals surface area contributed by atoms with Crippen molar-refractivity contribution in [1.82, 2.24) is 8.87 Å². The van der Waals surface area contributed by atoms with Crippen molar-refractivity contribution < 1.29 is 22.7 Å². The monoisotopic (exact) mass is 529 g/mol. The summed E-state index contributed by atoms with van der Waals surface area (Å²) in [6.07, 6.45) is 0.860. The molecule has 4 rings (SSSR count). The minimum atomic E-state index is -3.59. The van der Waals surface area contributed by atoms with Crippen molar-refractivity contribution in [2.75, 3.05) is 27.3 Å². The van der Waals surface area contributed by atoms with Gasteiger partial charge in [0.25, 0.3) is 15.9 Å². The van der Waals surface area contributed by atoms with Crippen LogP contribution >= 0.6 is 34.3 Å². The molecule has 0 spiro atoms. The molecular weight excluding hydrogens is 506 g/mol. The van der Waals surface area contributed by atoms with E-state index in [0.29, 0.717) is 40.0 Å². The molecule has 1 aliphatic rings. The third-order valence-electron chi connectivity index (χ3n) is 5.66. The van der Waals surface area contributed by atoms with Gasteiger partial charge in [-0.05, 0) is 31.9 Å². The van der Waals surface area contributed by atoms with Crippen LogP contribution < -0.4 is 14.3 Å². The van der Waals surface area contributed by atoms with Crippen LogP contribution in [0.5, 0.6) is 11.5 Å². The predicted octanol–water partition coefficient (Wildman–Crippen LogP) is 3.98. The Balaban J connectivity index is 1.55. The summed E-state index contributed by atoms with van der Waals surface area (Å²) < 4.78 is 41.4. The molecule has 1 saturated heterocycles. The first-order valence-corrected chi connectivity index (χ1v) is 13.8. The third kappa shape index (κ3) is 4.69. The quantitative estimate of drug-likeness (QED) is 0.481. The number of aryl methyl sites for hydroxylation is 1. The summed E-state index contributed by atoms with van der Waals surface area (Å²) in [5.41, 5.74) is 0.919. The van der Waals surface area contributed by atoms with E-state index in [-0.39, 0.29) is 29.1 Å². The molecule has 0 atom stereocenters. The maximum Gasteiger partial charge on any atom is 0.252 e. The highest BCUT2D eigenvalue weighted by molar-refractivity contribution is 7.91. The van der Waals surface area contributed by atoms with Crippen LogP contribution in [0.1, 0.15) is 19.8 Å². The Morgan fingerprint density at radius 2 is 1.82 bits per heavy atom. The van der Waals surface area contributed by atoms with E-state index >= 15 is 0 Å². The third-order valence-corrected chi connectivity index (χ3v) is 10.3. The number of thiophene rings is 1. The average molecular weight is 530 g/mol. The van der Waals surface area contributed by atoms with Crippen molar-refractivity contribution >= 4 is 60.4 Å². The Hall–Kier alpha value is -1.92. The molecule has 1 amide bonds. The Labute approximate surface area is 205 Å². The SMILES string of the molecule is CCn1c(=NC(=O)C2CCN(S(=O)(=O)c3ccc(Cl)s3)CC2)sc2cc(OC)c(OC)cc21. The smallest absolute Gasteiger partial charge is 0.252 e. The Morgan fingerprint density at radius 3 is 2.39 bits per heavy atom. The van der Waals surface area contributed by atoms with E-state index in [1.54, 1.807) is 20.3 Å². The summed E-state index contributed by atoms with van der Waals surface area (Å²) in [6, 6.07) is 6.86.